The average molecular weight is 348 g/mol. The van der Waals surface area contributed by atoms with E-state index in [-0.39, 0.29) is 16.8 Å². The van der Waals surface area contributed by atoms with E-state index in [1.807, 2.05) is 6.92 Å². The molecule has 1 amide bonds. The standard InChI is InChI=1S/C17H20N2O4S/c1-11(12-6-8-14(9-7-12)24(3,21)22)19(2)17(20)15-10-16(23-18-15)13-4-5-13/h6-11,13H,4-5H2,1-3H3/t11-/m1/s1. The predicted octanol–water partition coefficient (Wildman–Crippen LogP) is 2.79. The van der Waals surface area contributed by atoms with E-state index >= 15 is 0 Å². The second-order valence-corrected chi connectivity index (χ2v) is 8.34. The van der Waals surface area contributed by atoms with Crippen LogP contribution in [0, 0.1) is 0 Å². The van der Waals surface area contributed by atoms with Gasteiger partial charge < -0.3 is 9.42 Å². The molecule has 1 atom stereocenters. The summed E-state index contributed by atoms with van der Waals surface area (Å²) in [6.45, 7) is 1.88. The molecule has 1 saturated carbocycles. The molecule has 1 aliphatic carbocycles. The number of nitrogens with zero attached hydrogens (tertiary/aromatic N) is 2. The van der Waals surface area contributed by atoms with Crippen LogP contribution < -0.4 is 0 Å². The Labute approximate surface area is 141 Å². The van der Waals surface area contributed by atoms with E-state index in [4.69, 9.17) is 4.52 Å². The van der Waals surface area contributed by atoms with Gasteiger partial charge in [0, 0.05) is 25.3 Å². The van der Waals surface area contributed by atoms with Gasteiger partial charge in [-0.3, -0.25) is 4.79 Å². The molecule has 3 rings (SSSR count). The van der Waals surface area contributed by atoms with Crippen molar-refractivity contribution in [2.45, 2.75) is 36.6 Å². The molecule has 2 aromatic rings. The lowest BCUT2D eigenvalue weighted by atomic mass is 10.1. The number of sulfone groups is 1. The van der Waals surface area contributed by atoms with E-state index < -0.39 is 9.84 Å². The number of rotatable bonds is 5. The molecular weight excluding hydrogens is 328 g/mol. The highest BCUT2D eigenvalue weighted by atomic mass is 32.2. The monoisotopic (exact) mass is 348 g/mol. The fraction of sp³-hybridized carbons (Fsp3) is 0.412. The number of carbonyl (C=O) groups is 1. The molecule has 0 N–H and O–H groups in total. The lowest BCUT2D eigenvalue weighted by Gasteiger charge is -2.24. The summed E-state index contributed by atoms with van der Waals surface area (Å²) in [4.78, 5) is 14.4. The van der Waals surface area contributed by atoms with Crippen molar-refractivity contribution in [2.24, 2.45) is 0 Å². The van der Waals surface area contributed by atoms with Crippen LogP contribution in [0.5, 0.6) is 0 Å². The molecule has 0 unspecified atom stereocenters. The van der Waals surface area contributed by atoms with Crippen LogP contribution in [0.15, 0.2) is 39.8 Å². The SMILES string of the molecule is C[C@H](c1ccc(S(C)(=O)=O)cc1)N(C)C(=O)c1cc(C2CC2)on1. The minimum absolute atomic E-state index is 0.216. The van der Waals surface area contributed by atoms with Crippen LogP contribution in [0.4, 0.5) is 0 Å². The van der Waals surface area contributed by atoms with Gasteiger partial charge in [0.05, 0.1) is 10.9 Å². The van der Waals surface area contributed by atoms with E-state index in [1.54, 1.807) is 42.3 Å². The van der Waals surface area contributed by atoms with E-state index in [9.17, 15) is 13.2 Å². The summed E-state index contributed by atoms with van der Waals surface area (Å²) in [6, 6.07) is 8.07. The molecule has 1 heterocycles. The lowest BCUT2D eigenvalue weighted by molar-refractivity contribution is 0.0732. The molecule has 0 aliphatic heterocycles. The van der Waals surface area contributed by atoms with Gasteiger partial charge in [-0.25, -0.2) is 8.42 Å². The molecule has 6 nitrogen and oxygen atoms in total. The molecule has 128 valence electrons. The third-order valence-electron chi connectivity index (χ3n) is 4.42. The van der Waals surface area contributed by atoms with Gasteiger partial charge in [-0.1, -0.05) is 17.3 Å². The highest BCUT2D eigenvalue weighted by molar-refractivity contribution is 7.90. The third-order valence-corrected chi connectivity index (χ3v) is 5.55. The van der Waals surface area contributed by atoms with Crippen LogP contribution in [-0.2, 0) is 9.84 Å². The van der Waals surface area contributed by atoms with Gasteiger partial charge in [-0.2, -0.15) is 0 Å². The maximum atomic E-state index is 12.5. The maximum absolute atomic E-state index is 12.5. The Hall–Kier alpha value is -2.15. The highest BCUT2D eigenvalue weighted by Gasteiger charge is 2.30. The molecular formula is C17H20N2O4S. The van der Waals surface area contributed by atoms with Gasteiger partial charge in [-0.15, -0.1) is 0 Å². The summed E-state index contributed by atoms with van der Waals surface area (Å²) in [5.74, 6) is 0.965. The third kappa shape index (κ3) is 3.36. The Morgan fingerprint density at radius 2 is 1.92 bits per heavy atom. The van der Waals surface area contributed by atoms with Crippen LogP contribution in [0.3, 0.4) is 0 Å². The quantitative estimate of drug-likeness (QED) is 0.830. The van der Waals surface area contributed by atoms with E-state index in [2.05, 4.69) is 5.16 Å². The van der Waals surface area contributed by atoms with Gasteiger partial charge in [0.25, 0.3) is 5.91 Å². The van der Waals surface area contributed by atoms with Crippen LogP contribution in [0.1, 0.15) is 53.5 Å². The molecule has 1 aliphatic rings. The van der Waals surface area contributed by atoms with Gasteiger partial charge >= 0.3 is 0 Å². The van der Waals surface area contributed by atoms with Crippen LogP contribution in [0.25, 0.3) is 0 Å². The van der Waals surface area contributed by atoms with Gasteiger partial charge in [0.15, 0.2) is 15.5 Å². The molecule has 7 heteroatoms. The van der Waals surface area contributed by atoms with E-state index in [1.165, 1.54) is 6.26 Å². The van der Waals surface area contributed by atoms with E-state index in [0.717, 1.165) is 24.2 Å². The van der Waals surface area contributed by atoms with Crippen LogP contribution >= 0.6 is 0 Å². The topological polar surface area (TPSA) is 80.5 Å². The Kier molecular flexibility index (Phi) is 4.21. The summed E-state index contributed by atoms with van der Waals surface area (Å²) < 4.78 is 28.3. The Bertz CT molecular complexity index is 851. The molecule has 1 aromatic carbocycles. The van der Waals surface area contributed by atoms with Gasteiger partial charge in [-0.05, 0) is 37.5 Å². The van der Waals surface area contributed by atoms with Crippen molar-refractivity contribution in [1.82, 2.24) is 10.1 Å². The van der Waals surface area contributed by atoms with Crippen molar-refractivity contribution in [3.05, 3.63) is 47.3 Å². The summed E-state index contributed by atoms with van der Waals surface area (Å²) in [5.41, 5.74) is 1.16. The summed E-state index contributed by atoms with van der Waals surface area (Å²) >= 11 is 0. The van der Waals surface area contributed by atoms with Crippen molar-refractivity contribution >= 4 is 15.7 Å². The molecule has 0 saturated heterocycles. The molecule has 0 radical (unpaired) electrons. The zero-order valence-electron chi connectivity index (χ0n) is 13.9. The van der Waals surface area contributed by atoms with E-state index in [0.29, 0.717) is 11.6 Å². The van der Waals surface area contributed by atoms with Gasteiger partial charge in [0.1, 0.15) is 5.76 Å². The number of hydrogen-bond donors (Lipinski definition) is 0. The first-order valence-electron chi connectivity index (χ1n) is 7.81. The fourth-order valence-corrected chi connectivity index (χ4v) is 3.15. The van der Waals surface area contributed by atoms with Gasteiger partial charge in [0.2, 0.25) is 0 Å². The predicted molar refractivity (Wildman–Crippen MR) is 88.5 cm³/mol. The van der Waals surface area contributed by atoms with Crippen molar-refractivity contribution in [3.63, 3.8) is 0 Å². The number of benzene rings is 1. The second kappa shape index (κ2) is 6.05. The number of carbonyl (C=O) groups excluding carboxylic acids is 1. The molecule has 1 fully saturated rings. The molecule has 24 heavy (non-hydrogen) atoms. The first-order valence-corrected chi connectivity index (χ1v) is 9.70. The Balaban J connectivity index is 1.75. The second-order valence-electron chi connectivity index (χ2n) is 6.32. The van der Waals surface area contributed by atoms with Crippen molar-refractivity contribution in [2.75, 3.05) is 13.3 Å². The first kappa shape index (κ1) is 16.7. The minimum atomic E-state index is -3.23. The number of amides is 1. The minimum Gasteiger partial charge on any atom is -0.360 e. The Morgan fingerprint density at radius 1 is 1.29 bits per heavy atom. The average Bonchev–Trinajstić information content (AvgIpc) is 3.29. The molecule has 1 aromatic heterocycles. The largest absolute Gasteiger partial charge is 0.360 e. The highest BCUT2D eigenvalue weighted by Crippen LogP contribution is 2.40. The Morgan fingerprint density at radius 3 is 2.46 bits per heavy atom. The fourth-order valence-electron chi connectivity index (χ4n) is 2.52. The van der Waals surface area contributed by atoms with Crippen molar-refractivity contribution < 1.29 is 17.7 Å². The lowest BCUT2D eigenvalue weighted by Crippen LogP contribution is -2.29. The summed E-state index contributed by atoms with van der Waals surface area (Å²) in [6.07, 6.45) is 3.34. The summed E-state index contributed by atoms with van der Waals surface area (Å²) in [7, 11) is -1.53. The van der Waals surface area contributed by atoms with Crippen molar-refractivity contribution in [1.29, 1.82) is 0 Å². The molecule has 0 bridgehead atoms. The summed E-state index contributed by atoms with van der Waals surface area (Å²) in [5, 5.41) is 3.88. The zero-order valence-corrected chi connectivity index (χ0v) is 14.7. The van der Waals surface area contributed by atoms with Crippen LogP contribution in [0.2, 0.25) is 0 Å². The number of hydrogen-bond acceptors (Lipinski definition) is 5. The number of aromatic nitrogens is 1. The van der Waals surface area contributed by atoms with Crippen LogP contribution in [-0.4, -0.2) is 37.7 Å². The zero-order chi connectivity index (χ0) is 17.5. The van der Waals surface area contributed by atoms with Crippen molar-refractivity contribution in [3.8, 4) is 0 Å². The maximum Gasteiger partial charge on any atom is 0.276 e. The first-order chi connectivity index (χ1) is 11.3. The normalized spacial score (nSPS) is 16.0. The molecule has 0 spiro atoms. The smallest absolute Gasteiger partial charge is 0.276 e.